The van der Waals surface area contributed by atoms with Crippen molar-refractivity contribution in [2.75, 3.05) is 0 Å². The van der Waals surface area contributed by atoms with Gasteiger partial charge in [-0.3, -0.25) is 0 Å². The van der Waals surface area contributed by atoms with Crippen LogP contribution in [0, 0.1) is 5.82 Å². The number of hydrogen-bond acceptors (Lipinski definition) is 1. The third kappa shape index (κ3) is 4.11. The summed E-state index contributed by atoms with van der Waals surface area (Å²) < 4.78 is 13.2. The first-order valence-corrected chi connectivity index (χ1v) is 6.23. The molecule has 0 bridgehead atoms. The standard InChI is InChI=1S/C13H19ClFN/c1-2-3-4-5-6-13(16)10-7-8-11(14)12(15)9-10/h7-9,13H,2-6,16H2,1H3. The van der Waals surface area contributed by atoms with Crippen LogP contribution in [0.15, 0.2) is 18.2 Å². The van der Waals surface area contributed by atoms with Gasteiger partial charge in [0.1, 0.15) is 5.82 Å². The lowest BCUT2D eigenvalue weighted by Gasteiger charge is -2.12. The van der Waals surface area contributed by atoms with Gasteiger partial charge in [0.2, 0.25) is 0 Å². The largest absolute Gasteiger partial charge is 0.324 e. The molecule has 0 fully saturated rings. The summed E-state index contributed by atoms with van der Waals surface area (Å²) in [6, 6.07) is 4.73. The highest BCUT2D eigenvalue weighted by Gasteiger charge is 2.08. The highest BCUT2D eigenvalue weighted by molar-refractivity contribution is 6.30. The second-order valence-electron chi connectivity index (χ2n) is 4.13. The molecule has 0 heterocycles. The summed E-state index contributed by atoms with van der Waals surface area (Å²) in [7, 11) is 0. The van der Waals surface area contributed by atoms with Crippen molar-refractivity contribution in [1.29, 1.82) is 0 Å². The van der Waals surface area contributed by atoms with Gasteiger partial charge in [0, 0.05) is 6.04 Å². The number of rotatable bonds is 6. The minimum Gasteiger partial charge on any atom is -0.324 e. The molecule has 0 aliphatic rings. The zero-order valence-corrected chi connectivity index (χ0v) is 10.4. The number of hydrogen-bond donors (Lipinski definition) is 1. The van der Waals surface area contributed by atoms with Crippen LogP contribution >= 0.6 is 11.6 Å². The molecule has 1 rings (SSSR count). The third-order valence-electron chi connectivity index (χ3n) is 2.74. The SMILES string of the molecule is CCCCCCC(N)c1ccc(Cl)c(F)c1. The Kier molecular flexibility index (Phi) is 5.78. The van der Waals surface area contributed by atoms with Crippen molar-refractivity contribution in [2.45, 2.75) is 45.1 Å². The van der Waals surface area contributed by atoms with Gasteiger partial charge in [-0.05, 0) is 24.1 Å². The molecule has 2 N–H and O–H groups in total. The Hall–Kier alpha value is -0.600. The Morgan fingerprint density at radius 3 is 2.69 bits per heavy atom. The summed E-state index contributed by atoms with van der Waals surface area (Å²) in [6.45, 7) is 2.18. The summed E-state index contributed by atoms with van der Waals surface area (Å²) in [5.41, 5.74) is 6.82. The Balaban J connectivity index is 2.46. The fourth-order valence-corrected chi connectivity index (χ4v) is 1.82. The summed E-state index contributed by atoms with van der Waals surface area (Å²) in [4.78, 5) is 0. The molecule has 1 nitrogen and oxygen atoms in total. The van der Waals surface area contributed by atoms with E-state index in [0.717, 1.165) is 18.4 Å². The highest BCUT2D eigenvalue weighted by atomic mass is 35.5. The molecule has 0 spiro atoms. The van der Waals surface area contributed by atoms with Gasteiger partial charge in [0.25, 0.3) is 0 Å². The number of benzene rings is 1. The molecule has 0 amide bonds. The normalized spacial score (nSPS) is 12.8. The molecule has 3 heteroatoms. The molecule has 0 aliphatic heterocycles. The van der Waals surface area contributed by atoms with E-state index in [1.54, 1.807) is 12.1 Å². The average molecular weight is 244 g/mol. The Labute approximate surface area is 102 Å². The van der Waals surface area contributed by atoms with Crippen molar-refractivity contribution < 1.29 is 4.39 Å². The van der Waals surface area contributed by atoms with Crippen LogP contribution in [0.2, 0.25) is 5.02 Å². The van der Waals surface area contributed by atoms with Crippen molar-refractivity contribution >= 4 is 11.6 Å². The molecule has 0 aromatic heterocycles. The highest BCUT2D eigenvalue weighted by Crippen LogP contribution is 2.22. The van der Waals surface area contributed by atoms with E-state index in [0.29, 0.717) is 0 Å². The van der Waals surface area contributed by atoms with Crippen molar-refractivity contribution in [1.82, 2.24) is 0 Å². The zero-order valence-electron chi connectivity index (χ0n) is 9.68. The first-order chi connectivity index (χ1) is 7.65. The minimum atomic E-state index is -0.386. The van der Waals surface area contributed by atoms with E-state index in [9.17, 15) is 4.39 Å². The molecule has 0 aliphatic carbocycles. The van der Waals surface area contributed by atoms with Gasteiger partial charge < -0.3 is 5.73 Å². The summed E-state index contributed by atoms with van der Waals surface area (Å²) in [6.07, 6.45) is 5.65. The number of halogens is 2. The lowest BCUT2D eigenvalue weighted by molar-refractivity contribution is 0.560. The fourth-order valence-electron chi connectivity index (χ4n) is 1.70. The van der Waals surface area contributed by atoms with Crippen LogP contribution in [0.5, 0.6) is 0 Å². The molecule has 90 valence electrons. The summed E-state index contributed by atoms with van der Waals surface area (Å²) in [5, 5.41) is 0.155. The molecular weight excluding hydrogens is 225 g/mol. The van der Waals surface area contributed by atoms with Gasteiger partial charge in [0.15, 0.2) is 0 Å². The van der Waals surface area contributed by atoms with E-state index >= 15 is 0 Å². The van der Waals surface area contributed by atoms with Crippen LogP contribution in [0.3, 0.4) is 0 Å². The predicted molar refractivity (Wildman–Crippen MR) is 67.1 cm³/mol. The first kappa shape index (κ1) is 13.5. The monoisotopic (exact) mass is 243 g/mol. The van der Waals surface area contributed by atoms with Crippen LogP contribution in [-0.2, 0) is 0 Å². The van der Waals surface area contributed by atoms with E-state index in [-0.39, 0.29) is 16.9 Å². The van der Waals surface area contributed by atoms with Crippen molar-refractivity contribution in [3.8, 4) is 0 Å². The molecule has 1 unspecified atom stereocenters. The van der Waals surface area contributed by atoms with Gasteiger partial charge in [-0.25, -0.2) is 4.39 Å². The molecule has 0 radical (unpaired) electrons. The van der Waals surface area contributed by atoms with Gasteiger partial charge in [0.05, 0.1) is 5.02 Å². The quantitative estimate of drug-likeness (QED) is 0.734. The van der Waals surface area contributed by atoms with Crippen molar-refractivity contribution in [2.24, 2.45) is 5.73 Å². The van der Waals surface area contributed by atoms with E-state index < -0.39 is 0 Å². The molecule has 16 heavy (non-hydrogen) atoms. The average Bonchev–Trinajstić information content (AvgIpc) is 2.28. The van der Waals surface area contributed by atoms with Crippen LogP contribution in [-0.4, -0.2) is 0 Å². The molecule has 0 saturated carbocycles. The van der Waals surface area contributed by atoms with Crippen molar-refractivity contribution in [3.05, 3.63) is 34.6 Å². The smallest absolute Gasteiger partial charge is 0.142 e. The Bertz CT molecular complexity index is 328. The zero-order chi connectivity index (χ0) is 12.0. The number of nitrogens with two attached hydrogens (primary N) is 1. The maximum atomic E-state index is 13.2. The van der Waals surface area contributed by atoms with Gasteiger partial charge in [-0.1, -0.05) is 50.3 Å². The predicted octanol–water partition coefficient (Wildman–Crippen LogP) is 4.45. The summed E-state index contributed by atoms with van der Waals surface area (Å²) in [5.74, 6) is -0.386. The lowest BCUT2D eigenvalue weighted by atomic mass is 10.0. The maximum Gasteiger partial charge on any atom is 0.142 e. The van der Waals surface area contributed by atoms with Gasteiger partial charge in [-0.2, -0.15) is 0 Å². The van der Waals surface area contributed by atoms with E-state index in [2.05, 4.69) is 6.92 Å². The second-order valence-corrected chi connectivity index (χ2v) is 4.54. The lowest BCUT2D eigenvalue weighted by Crippen LogP contribution is -2.10. The molecule has 1 atom stereocenters. The Morgan fingerprint density at radius 2 is 2.06 bits per heavy atom. The van der Waals surface area contributed by atoms with E-state index in [4.69, 9.17) is 17.3 Å². The Morgan fingerprint density at radius 1 is 1.31 bits per heavy atom. The summed E-state index contributed by atoms with van der Waals surface area (Å²) >= 11 is 5.62. The fraction of sp³-hybridized carbons (Fsp3) is 0.538. The molecule has 1 aromatic carbocycles. The molecule has 1 aromatic rings. The van der Waals surface area contributed by atoms with Crippen LogP contribution in [0.1, 0.15) is 50.6 Å². The van der Waals surface area contributed by atoms with Crippen LogP contribution < -0.4 is 5.73 Å². The van der Waals surface area contributed by atoms with Crippen LogP contribution in [0.25, 0.3) is 0 Å². The van der Waals surface area contributed by atoms with Crippen molar-refractivity contribution in [3.63, 3.8) is 0 Å². The van der Waals surface area contributed by atoms with E-state index in [1.807, 2.05) is 0 Å². The first-order valence-electron chi connectivity index (χ1n) is 5.85. The minimum absolute atomic E-state index is 0.0800. The maximum absolute atomic E-state index is 13.2. The van der Waals surface area contributed by atoms with Crippen LogP contribution in [0.4, 0.5) is 4.39 Å². The molecule has 0 saturated heterocycles. The van der Waals surface area contributed by atoms with Gasteiger partial charge in [-0.15, -0.1) is 0 Å². The van der Waals surface area contributed by atoms with E-state index in [1.165, 1.54) is 25.3 Å². The third-order valence-corrected chi connectivity index (χ3v) is 3.05. The topological polar surface area (TPSA) is 26.0 Å². The number of unbranched alkanes of at least 4 members (excludes halogenated alkanes) is 3. The van der Waals surface area contributed by atoms with Gasteiger partial charge >= 0.3 is 0 Å². The second kappa shape index (κ2) is 6.87. The molecular formula is C13H19ClFN.